The van der Waals surface area contributed by atoms with E-state index in [0.717, 1.165) is 24.8 Å². The van der Waals surface area contributed by atoms with E-state index >= 15 is 0 Å². The first-order chi connectivity index (χ1) is 8.19. The number of hydrogen-bond acceptors (Lipinski definition) is 3. The van der Waals surface area contributed by atoms with Crippen molar-refractivity contribution in [3.8, 4) is 5.75 Å². The second-order valence-electron chi connectivity index (χ2n) is 5.05. The summed E-state index contributed by atoms with van der Waals surface area (Å²) in [6, 6.07) is 8.55. The molecule has 0 radical (unpaired) electrons. The van der Waals surface area contributed by atoms with Crippen molar-refractivity contribution in [1.82, 2.24) is 4.90 Å². The summed E-state index contributed by atoms with van der Waals surface area (Å²) >= 11 is 0. The molecule has 0 amide bonds. The van der Waals surface area contributed by atoms with Crippen LogP contribution in [0.1, 0.15) is 18.4 Å². The molecule has 2 rings (SSSR count). The van der Waals surface area contributed by atoms with Crippen LogP contribution in [0.3, 0.4) is 0 Å². The number of rotatable bonds is 6. The Kier molecular flexibility index (Phi) is 4.02. The molecule has 1 aliphatic rings. The minimum Gasteiger partial charge on any atom is -0.497 e. The van der Waals surface area contributed by atoms with Gasteiger partial charge < -0.3 is 15.4 Å². The third-order valence-electron chi connectivity index (χ3n) is 3.34. The Morgan fingerprint density at radius 2 is 2.24 bits per heavy atom. The van der Waals surface area contributed by atoms with Gasteiger partial charge in [0.1, 0.15) is 5.75 Å². The molecule has 0 spiro atoms. The van der Waals surface area contributed by atoms with Crippen LogP contribution < -0.4 is 10.5 Å². The Balaban J connectivity index is 1.85. The zero-order valence-electron chi connectivity index (χ0n) is 10.7. The highest BCUT2D eigenvalue weighted by Gasteiger charge is 2.28. The summed E-state index contributed by atoms with van der Waals surface area (Å²) in [5.74, 6) is 1.69. The molecule has 1 unspecified atom stereocenters. The van der Waals surface area contributed by atoms with E-state index in [9.17, 15) is 0 Å². The van der Waals surface area contributed by atoms with Crippen molar-refractivity contribution in [1.29, 1.82) is 0 Å². The standard InChI is InChI=1S/C14H22N2O/c1-16(10-14(15)12-6-7-12)9-11-4-3-5-13(8-11)17-2/h3-5,8,12,14H,6-7,9-10,15H2,1-2H3. The third kappa shape index (κ3) is 3.72. The molecule has 0 heterocycles. The lowest BCUT2D eigenvalue weighted by Gasteiger charge is -2.21. The summed E-state index contributed by atoms with van der Waals surface area (Å²) in [5, 5.41) is 0. The molecule has 2 N–H and O–H groups in total. The number of methoxy groups -OCH3 is 1. The predicted molar refractivity (Wildman–Crippen MR) is 70.0 cm³/mol. The summed E-state index contributed by atoms with van der Waals surface area (Å²) in [6.07, 6.45) is 2.63. The number of ether oxygens (including phenoxy) is 1. The van der Waals surface area contributed by atoms with Crippen molar-refractivity contribution in [3.63, 3.8) is 0 Å². The van der Waals surface area contributed by atoms with Crippen molar-refractivity contribution in [2.24, 2.45) is 11.7 Å². The second kappa shape index (κ2) is 5.52. The smallest absolute Gasteiger partial charge is 0.119 e. The van der Waals surface area contributed by atoms with Gasteiger partial charge in [-0.2, -0.15) is 0 Å². The molecule has 1 aliphatic carbocycles. The maximum absolute atomic E-state index is 6.12. The summed E-state index contributed by atoms with van der Waals surface area (Å²) in [6.45, 7) is 1.90. The van der Waals surface area contributed by atoms with Gasteiger partial charge in [-0.1, -0.05) is 12.1 Å². The first kappa shape index (κ1) is 12.4. The molecule has 3 heteroatoms. The van der Waals surface area contributed by atoms with Gasteiger partial charge in [0.2, 0.25) is 0 Å². The van der Waals surface area contributed by atoms with Crippen molar-refractivity contribution in [2.75, 3.05) is 20.7 Å². The number of likely N-dealkylation sites (N-methyl/N-ethyl adjacent to an activating group) is 1. The van der Waals surface area contributed by atoms with E-state index in [0.29, 0.717) is 6.04 Å². The van der Waals surface area contributed by atoms with Crippen LogP contribution in [-0.4, -0.2) is 31.6 Å². The fourth-order valence-corrected chi connectivity index (χ4v) is 2.18. The normalized spacial score (nSPS) is 17.2. The monoisotopic (exact) mass is 234 g/mol. The second-order valence-corrected chi connectivity index (χ2v) is 5.05. The van der Waals surface area contributed by atoms with Gasteiger partial charge in [-0.15, -0.1) is 0 Å². The Morgan fingerprint density at radius 1 is 1.47 bits per heavy atom. The molecular weight excluding hydrogens is 212 g/mol. The molecule has 1 fully saturated rings. The van der Waals surface area contributed by atoms with Crippen molar-refractivity contribution < 1.29 is 4.74 Å². The van der Waals surface area contributed by atoms with E-state index in [4.69, 9.17) is 10.5 Å². The summed E-state index contributed by atoms with van der Waals surface area (Å²) in [5.41, 5.74) is 7.40. The van der Waals surface area contributed by atoms with Crippen LogP contribution in [0.25, 0.3) is 0 Å². The van der Waals surface area contributed by atoms with Crippen molar-refractivity contribution in [3.05, 3.63) is 29.8 Å². The van der Waals surface area contributed by atoms with Gasteiger partial charge in [0, 0.05) is 19.1 Å². The van der Waals surface area contributed by atoms with E-state index < -0.39 is 0 Å². The minimum atomic E-state index is 0.339. The molecule has 0 bridgehead atoms. The summed E-state index contributed by atoms with van der Waals surface area (Å²) in [4.78, 5) is 2.29. The van der Waals surface area contributed by atoms with Crippen LogP contribution in [0.4, 0.5) is 0 Å². The quantitative estimate of drug-likeness (QED) is 0.816. The molecule has 94 valence electrons. The van der Waals surface area contributed by atoms with Crippen LogP contribution in [-0.2, 0) is 6.54 Å². The van der Waals surface area contributed by atoms with Crippen LogP contribution in [0.5, 0.6) is 5.75 Å². The number of hydrogen-bond donors (Lipinski definition) is 1. The van der Waals surface area contributed by atoms with Gasteiger partial charge >= 0.3 is 0 Å². The lowest BCUT2D eigenvalue weighted by atomic mass is 10.1. The number of nitrogens with zero attached hydrogens (tertiary/aromatic N) is 1. The molecule has 1 aromatic carbocycles. The molecule has 17 heavy (non-hydrogen) atoms. The maximum Gasteiger partial charge on any atom is 0.119 e. The van der Waals surface area contributed by atoms with E-state index in [1.54, 1.807) is 7.11 Å². The highest BCUT2D eigenvalue weighted by atomic mass is 16.5. The Morgan fingerprint density at radius 3 is 2.88 bits per heavy atom. The average Bonchev–Trinajstić information content (AvgIpc) is 3.12. The predicted octanol–water partition coefficient (Wildman–Crippen LogP) is 1.86. The average molecular weight is 234 g/mol. The van der Waals surface area contributed by atoms with Crippen LogP contribution in [0.2, 0.25) is 0 Å². The van der Waals surface area contributed by atoms with Crippen molar-refractivity contribution >= 4 is 0 Å². The molecule has 1 aromatic rings. The van der Waals surface area contributed by atoms with Gasteiger partial charge in [0.25, 0.3) is 0 Å². The Hall–Kier alpha value is -1.06. The molecule has 1 saturated carbocycles. The van der Waals surface area contributed by atoms with Gasteiger partial charge in [0.15, 0.2) is 0 Å². The zero-order valence-corrected chi connectivity index (χ0v) is 10.7. The minimum absolute atomic E-state index is 0.339. The highest BCUT2D eigenvalue weighted by molar-refractivity contribution is 5.28. The van der Waals surface area contributed by atoms with Crippen molar-refractivity contribution in [2.45, 2.75) is 25.4 Å². The van der Waals surface area contributed by atoms with E-state index in [1.165, 1.54) is 18.4 Å². The summed E-state index contributed by atoms with van der Waals surface area (Å²) < 4.78 is 5.22. The molecule has 3 nitrogen and oxygen atoms in total. The fraction of sp³-hybridized carbons (Fsp3) is 0.571. The topological polar surface area (TPSA) is 38.5 Å². The number of benzene rings is 1. The van der Waals surface area contributed by atoms with E-state index in [1.807, 2.05) is 12.1 Å². The molecule has 0 aliphatic heterocycles. The third-order valence-corrected chi connectivity index (χ3v) is 3.34. The number of nitrogens with two attached hydrogens (primary N) is 1. The van der Waals surface area contributed by atoms with Crippen LogP contribution in [0.15, 0.2) is 24.3 Å². The first-order valence-corrected chi connectivity index (χ1v) is 6.26. The SMILES string of the molecule is COc1cccc(CN(C)CC(N)C2CC2)c1. The van der Waals surface area contributed by atoms with Gasteiger partial charge in [-0.3, -0.25) is 0 Å². The largest absolute Gasteiger partial charge is 0.497 e. The van der Waals surface area contributed by atoms with Gasteiger partial charge in [-0.05, 0) is 43.5 Å². The van der Waals surface area contributed by atoms with E-state index in [-0.39, 0.29) is 0 Å². The van der Waals surface area contributed by atoms with E-state index in [2.05, 4.69) is 24.1 Å². The molecular formula is C14H22N2O. The maximum atomic E-state index is 6.12. The van der Waals surface area contributed by atoms with Gasteiger partial charge in [-0.25, -0.2) is 0 Å². The zero-order chi connectivity index (χ0) is 12.3. The van der Waals surface area contributed by atoms with Gasteiger partial charge in [0.05, 0.1) is 7.11 Å². The molecule has 0 aromatic heterocycles. The Labute approximate surface area is 104 Å². The molecule has 1 atom stereocenters. The first-order valence-electron chi connectivity index (χ1n) is 6.26. The molecule has 0 saturated heterocycles. The highest BCUT2D eigenvalue weighted by Crippen LogP contribution is 2.31. The summed E-state index contributed by atoms with van der Waals surface area (Å²) in [7, 11) is 3.83. The fourth-order valence-electron chi connectivity index (χ4n) is 2.18. The lowest BCUT2D eigenvalue weighted by molar-refractivity contribution is 0.291. The lowest BCUT2D eigenvalue weighted by Crippen LogP contribution is -2.36. The van der Waals surface area contributed by atoms with Crippen LogP contribution >= 0.6 is 0 Å². The van der Waals surface area contributed by atoms with Crippen LogP contribution in [0, 0.1) is 5.92 Å². The Bertz CT molecular complexity index is 363.